The first kappa shape index (κ1) is 17.5. The van der Waals surface area contributed by atoms with Crippen LogP contribution >= 0.6 is 11.3 Å². The standard InChI is InChI=1S/C22H21N3OS/c1-15-11-18-12-16(7-9-20(18)24-15)13-23-21(26)10-8-19-14-27-22(25-19)17-5-3-2-4-6-17/h2-7,9,11-12,14,24H,8,10,13H2,1H3,(H,23,26). The second-order valence-electron chi connectivity index (χ2n) is 6.66. The van der Waals surface area contributed by atoms with Crippen LogP contribution in [0.1, 0.15) is 23.4 Å². The first-order valence-corrected chi connectivity index (χ1v) is 9.90. The molecule has 0 aliphatic heterocycles. The highest BCUT2D eigenvalue weighted by molar-refractivity contribution is 7.13. The molecule has 0 aliphatic rings. The molecule has 27 heavy (non-hydrogen) atoms. The van der Waals surface area contributed by atoms with E-state index >= 15 is 0 Å². The average Bonchev–Trinajstić information content (AvgIpc) is 3.30. The van der Waals surface area contributed by atoms with Gasteiger partial charge in [-0.05, 0) is 42.5 Å². The highest BCUT2D eigenvalue weighted by atomic mass is 32.1. The molecular formula is C22H21N3OS. The Kier molecular flexibility index (Phi) is 5.03. The summed E-state index contributed by atoms with van der Waals surface area (Å²) in [5.74, 6) is 0.0506. The lowest BCUT2D eigenvalue weighted by Gasteiger charge is -2.05. The molecule has 2 N–H and O–H groups in total. The van der Waals surface area contributed by atoms with Gasteiger partial charge in [-0.25, -0.2) is 4.98 Å². The fourth-order valence-electron chi connectivity index (χ4n) is 3.10. The number of amides is 1. The summed E-state index contributed by atoms with van der Waals surface area (Å²) in [6, 6.07) is 18.5. The topological polar surface area (TPSA) is 57.8 Å². The number of benzene rings is 2. The second-order valence-corrected chi connectivity index (χ2v) is 7.52. The Labute approximate surface area is 162 Å². The van der Waals surface area contributed by atoms with Gasteiger partial charge in [-0.3, -0.25) is 4.79 Å². The zero-order valence-electron chi connectivity index (χ0n) is 15.2. The van der Waals surface area contributed by atoms with E-state index in [0.29, 0.717) is 19.4 Å². The van der Waals surface area contributed by atoms with E-state index in [-0.39, 0.29) is 5.91 Å². The molecule has 2 aromatic carbocycles. The molecule has 2 aromatic heterocycles. The summed E-state index contributed by atoms with van der Waals surface area (Å²) in [6.07, 6.45) is 1.11. The third-order valence-corrected chi connectivity index (χ3v) is 5.43. The zero-order chi connectivity index (χ0) is 18.6. The quantitative estimate of drug-likeness (QED) is 0.506. The fourth-order valence-corrected chi connectivity index (χ4v) is 3.96. The molecule has 0 radical (unpaired) electrons. The number of aromatic amines is 1. The predicted molar refractivity (Wildman–Crippen MR) is 111 cm³/mol. The van der Waals surface area contributed by atoms with E-state index in [0.717, 1.165) is 33.0 Å². The van der Waals surface area contributed by atoms with Crippen molar-refractivity contribution in [3.63, 3.8) is 0 Å². The summed E-state index contributed by atoms with van der Waals surface area (Å²) in [5, 5.41) is 7.22. The van der Waals surface area contributed by atoms with Crippen LogP contribution < -0.4 is 5.32 Å². The lowest BCUT2D eigenvalue weighted by atomic mass is 10.1. The van der Waals surface area contributed by atoms with Gasteiger partial charge in [0.05, 0.1) is 5.69 Å². The molecule has 0 atom stereocenters. The Morgan fingerprint density at radius 1 is 1.15 bits per heavy atom. The molecule has 0 saturated heterocycles. The lowest BCUT2D eigenvalue weighted by Crippen LogP contribution is -2.23. The molecule has 0 aliphatic carbocycles. The number of carbonyl (C=O) groups is 1. The number of thiazole rings is 1. The molecule has 5 heteroatoms. The molecule has 0 fully saturated rings. The van der Waals surface area contributed by atoms with Crippen molar-refractivity contribution in [1.82, 2.24) is 15.3 Å². The van der Waals surface area contributed by atoms with Gasteiger partial charge in [0.2, 0.25) is 5.91 Å². The fraction of sp³-hybridized carbons (Fsp3) is 0.182. The van der Waals surface area contributed by atoms with Gasteiger partial charge < -0.3 is 10.3 Å². The van der Waals surface area contributed by atoms with E-state index in [2.05, 4.69) is 45.6 Å². The van der Waals surface area contributed by atoms with Crippen molar-refractivity contribution in [3.8, 4) is 10.6 Å². The maximum atomic E-state index is 12.2. The largest absolute Gasteiger partial charge is 0.359 e. The molecule has 0 bridgehead atoms. The number of aryl methyl sites for hydroxylation is 2. The van der Waals surface area contributed by atoms with Crippen LogP contribution in [0.4, 0.5) is 0 Å². The van der Waals surface area contributed by atoms with Crippen molar-refractivity contribution in [2.75, 3.05) is 0 Å². The monoisotopic (exact) mass is 375 g/mol. The predicted octanol–water partition coefficient (Wildman–Crippen LogP) is 4.85. The number of aromatic nitrogens is 2. The number of nitrogens with one attached hydrogen (secondary N) is 2. The molecule has 0 saturated carbocycles. The number of hydrogen-bond donors (Lipinski definition) is 2. The minimum absolute atomic E-state index is 0.0506. The van der Waals surface area contributed by atoms with E-state index in [1.54, 1.807) is 11.3 Å². The van der Waals surface area contributed by atoms with Crippen molar-refractivity contribution in [3.05, 3.63) is 76.9 Å². The molecule has 0 spiro atoms. The number of carbonyl (C=O) groups excluding carboxylic acids is 1. The molecule has 4 rings (SSSR count). The van der Waals surface area contributed by atoms with Crippen LogP contribution in [0.2, 0.25) is 0 Å². The van der Waals surface area contributed by atoms with Crippen LogP contribution in [0.25, 0.3) is 21.5 Å². The Bertz CT molecular complexity index is 1070. The maximum Gasteiger partial charge on any atom is 0.220 e. The number of rotatable bonds is 6. The second kappa shape index (κ2) is 7.76. The van der Waals surface area contributed by atoms with Crippen LogP contribution in [0.15, 0.2) is 60.0 Å². The Morgan fingerprint density at radius 3 is 2.85 bits per heavy atom. The van der Waals surface area contributed by atoms with E-state index in [9.17, 15) is 4.79 Å². The number of hydrogen-bond acceptors (Lipinski definition) is 3. The Balaban J connectivity index is 1.30. The number of fused-ring (bicyclic) bond motifs is 1. The molecule has 1 amide bonds. The van der Waals surface area contributed by atoms with Crippen molar-refractivity contribution in [2.24, 2.45) is 0 Å². The van der Waals surface area contributed by atoms with Gasteiger partial charge in [0, 0.05) is 35.1 Å². The van der Waals surface area contributed by atoms with E-state index in [4.69, 9.17) is 0 Å². The van der Waals surface area contributed by atoms with E-state index < -0.39 is 0 Å². The van der Waals surface area contributed by atoms with Gasteiger partial charge >= 0.3 is 0 Å². The molecule has 4 nitrogen and oxygen atoms in total. The first-order valence-electron chi connectivity index (χ1n) is 9.02. The third-order valence-electron chi connectivity index (χ3n) is 4.49. The van der Waals surface area contributed by atoms with Crippen LogP contribution in [0.3, 0.4) is 0 Å². The molecule has 0 unspecified atom stereocenters. The SMILES string of the molecule is Cc1cc2cc(CNC(=O)CCc3csc(-c4ccccc4)n3)ccc2[nH]1. The van der Waals surface area contributed by atoms with Gasteiger partial charge in [0.15, 0.2) is 0 Å². The summed E-state index contributed by atoms with van der Waals surface area (Å²) in [7, 11) is 0. The Morgan fingerprint density at radius 2 is 2.00 bits per heavy atom. The highest BCUT2D eigenvalue weighted by Crippen LogP contribution is 2.23. The molecule has 2 heterocycles. The summed E-state index contributed by atoms with van der Waals surface area (Å²) in [6.45, 7) is 2.59. The summed E-state index contributed by atoms with van der Waals surface area (Å²) >= 11 is 1.62. The van der Waals surface area contributed by atoms with Crippen LogP contribution in [0, 0.1) is 6.92 Å². The minimum Gasteiger partial charge on any atom is -0.359 e. The van der Waals surface area contributed by atoms with E-state index in [1.807, 2.05) is 36.6 Å². The van der Waals surface area contributed by atoms with Crippen LogP contribution in [-0.4, -0.2) is 15.9 Å². The summed E-state index contributed by atoms with van der Waals surface area (Å²) in [5.41, 5.74) is 5.46. The summed E-state index contributed by atoms with van der Waals surface area (Å²) < 4.78 is 0. The number of H-pyrrole nitrogens is 1. The van der Waals surface area contributed by atoms with Crippen molar-refractivity contribution in [2.45, 2.75) is 26.3 Å². The van der Waals surface area contributed by atoms with Gasteiger partial charge in [0.25, 0.3) is 0 Å². The van der Waals surface area contributed by atoms with Crippen LogP contribution in [-0.2, 0) is 17.8 Å². The van der Waals surface area contributed by atoms with Gasteiger partial charge in [0.1, 0.15) is 5.01 Å². The summed E-state index contributed by atoms with van der Waals surface area (Å²) in [4.78, 5) is 20.1. The lowest BCUT2D eigenvalue weighted by molar-refractivity contribution is -0.121. The first-order chi connectivity index (χ1) is 13.2. The molecule has 136 valence electrons. The highest BCUT2D eigenvalue weighted by Gasteiger charge is 2.08. The maximum absolute atomic E-state index is 12.2. The third kappa shape index (κ3) is 4.26. The Hall–Kier alpha value is -2.92. The van der Waals surface area contributed by atoms with Crippen molar-refractivity contribution < 1.29 is 4.79 Å². The zero-order valence-corrected chi connectivity index (χ0v) is 16.0. The van der Waals surface area contributed by atoms with Crippen LogP contribution in [0.5, 0.6) is 0 Å². The van der Waals surface area contributed by atoms with Gasteiger partial charge in [-0.2, -0.15) is 0 Å². The van der Waals surface area contributed by atoms with Gasteiger partial charge in [-0.15, -0.1) is 11.3 Å². The smallest absolute Gasteiger partial charge is 0.220 e. The normalized spacial score (nSPS) is 11.0. The van der Waals surface area contributed by atoms with E-state index in [1.165, 1.54) is 5.39 Å². The number of nitrogens with zero attached hydrogens (tertiary/aromatic N) is 1. The molecule has 4 aromatic rings. The van der Waals surface area contributed by atoms with Crippen molar-refractivity contribution >= 4 is 28.1 Å². The minimum atomic E-state index is 0.0506. The van der Waals surface area contributed by atoms with Crippen molar-refractivity contribution in [1.29, 1.82) is 0 Å². The molecular weight excluding hydrogens is 354 g/mol. The average molecular weight is 375 g/mol. The van der Waals surface area contributed by atoms with Gasteiger partial charge in [-0.1, -0.05) is 36.4 Å².